The summed E-state index contributed by atoms with van der Waals surface area (Å²) >= 11 is 1.71. The Bertz CT molecular complexity index is 904. The Morgan fingerprint density at radius 1 is 1.30 bits per heavy atom. The lowest BCUT2D eigenvalue weighted by molar-refractivity contribution is -0.140. The second-order valence-electron chi connectivity index (χ2n) is 8.80. The van der Waals surface area contributed by atoms with Crippen molar-refractivity contribution in [1.82, 2.24) is 9.80 Å². The number of para-hydroxylation sites is 1. The molecule has 3 fully saturated rings. The van der Waals surface area contributed by atoms with E-state index >= 15 is 0 Å². The number of aryl methyl sites for hydroxylation is 1. The zero-order valence-corrected chi connectivity index (χ0v) is 18.0. The first-order valence-electron chi connectivity index (χ1n) is 10.6. The second kappa shape index (κ2) is 7.96. The number of aliphatic hydroxyl groups excluding tert-OH is 1. The van der Waals surface area contributed by atoms with Gasteiger partial charge in [-0.15, -0.1) is 0 Å². The molecule has 0 radical (unpaired) electrons. The zero-order valence-electron chi connectivity index (χ0n) is 17.2. The van der Waals surface area contributed by atoms with Crippen LogP contribution in [0.3, 0.4) is 0 Å². The number of hydrogen-bond donors (Lipinski definition) is 1. The average Bonchev–Trinajstić information content (AvgIpc) is 3.40. The van der Waals surface area contributed by atoms with Gasteiger partial charge in [-0.3, -0.25) is 9.69 Å². The first-order chi connectivity index (χ1) is 14.6. The maximum atomic E-state index is 12.9. The van der Waals surface area contributed by atoms with E-state index in [1.54, 1.807) is 11.3 Å². The number of nitrogens with zero attached hydrogens (tertiary/aromatic N) is 2. The minimum Gasteiger partial charge on any atom is -0.484 e. The summed E-state index contributed by atoms with van der Waals surface area (Å²) in [4.78, 5) is 17.2. The Labute approximate surface area is 181 Å². The molecule has 4 heterocycles. The van der Waals surface area contributed by atoms with Gasteiger partial charge in [-0.1, -0.05) is 18.2 Å². The van der Waals surface area contributed by atoms with Crippen molar-refractivity contribution >= 4 is 17.2 Å². The van der Waals surface area contributed by atoms with Crippen molar-refractivity contribution in [3.8, 4) is 5.75 Å². The number of carbonyl (C=O) groups excluding carboxylic acids is 1. The van der Waals surface area contributed by atoms with Crippen molar-refractivity contribution in [2.75, 3.05) is 39.4 Å². The molecule has 3 aliphatic rings. The van der Waals surface area contributed by atoms with Gasteiger partial charge in [-0.2, -0.15) is 11.3 Å². The number of thiophene rings is 1. The summed E-state index contributed by atoms with van der Waals surface area (Å²) in [6, 6.07) is 9.89. The maximum Gasteiger partial charge on any atom is 0.260 e. The van der Waals surface area contributed by atoms with Crippen LogP contribution in [-0.2, 0) is 16.1 Å². The lowest BCUT2D eigenvalue weighted by Crippen LogP contribution is -2.54. The first-order valence-corrected chi connectivity index (χ1v) is 11.5. The number of amides is 1. The molecule has 3 aliphatic heterocycles. The molecular formula is C23H28N2O4S. The standard InChI is InChI=1S/C23H28N2O4S/c1-16-4-2-3-5-20(16)28-12-22(27)25-9-19-18(11-26)21-10-24(8-17-6-7-30-13-17)14-23(19,15-25)29-21/h2-7,13,18-19,21,26H,8-12,14-15H2,1H3/t18-,19+,21+,23+/m0/s1. The molecule has 1 aromatic carbocycles. The predicted molar refractivity (Wildman–Crippen MR) is 115 cm³/mol. The van der Waals surface area contributed by atoms with Gasteiger partial charge in [0, 0.05) is 44.6 Å². The normalized spacial score (nSPS) is 30.5. The highest BCUT2D eigenvalue weighted by Crippen LogP contribution is 2.49. The largest absolute Gasteiger partial charge is 0.484 e. The van der Waals surface area contributed by atoms with E-state index in [2.05, 4.69) is 21.7 Å². The molecular weight excluding hydrogens is 400 g/mol. The van der Waals surface area contributed by atoms with Crippen molar-refractivity contribution in [1.29, 1.82) is 0 Å². The third kappa shape index (κ3) is 3.54. The summed E-state index contributed by atoms with van der Waals surface area (Å²) < 4.78 is 12.3. The molecule has 160 valence electrons. The Morgan fingerprint density at radius 2 is 2.17 bits per heavy atom. The molecule has 0 aliphatic carbocycles. The number of carbonyl (C=O) groups is 1. The Balaban J connectivity index is 1.27. The van der Waals surface area contributed by atoms with Crippen LogP contribution in [0.25, 0.3) is 0 Å². The van der Waals surface area contributed by atoms with E-state index < -0.39 is 0 Å². The summed E-state index contributed by atoms with van der Waals surface area (Å²) in [6.07, 6.45) is 0.0351. The fourth-order valence-corrected chi connectivity index (χ4v) is 6.09. The molecule has 1 spiro atoms. The number of benzene rings is 1. The SMILES string of the molecule is Cc1ccccc1OCC(=O)N1C[C@@H]2[C@H](CO)[C@H]3CN(Cc4ccsc4)C[C@]2(C1)O3. The maximum absolute atomic E-state index is 12.9. The highest BCUT2D eigenvalue weighted by Gasteiger charge is 2.62. The van der Waals surface area contributed by atoms with Crippen molar-refractivity contribution in [2.24, 2.45) is 11.8 Å². The topological polar surface area (TPSA) is 62.2 Å². The van der Waals surface area contributed by atoms with Crippen molar-refractivity contribution in [3.05, 3.63) is 52.2 Å². The van der Waals surface area contributed by atoms with Crippen LogP contribution < -0.4 is 4.74 Å². The van der Waals surface area contributed by atoms with Gasteiger partial charge in [0.15, 0.2) is 6.61 Å². The summed E-state index contributed by atoms with van der Waals surface area (Å²) in [6.45, 7) is 5.82. The van der Waals surface area contributed by atoms with E-state index in [0.29, 0.717) is 13.1 Å². The summed E-state index contributed by atoms with van der Waals surface area (Å²) in [5, 5.41) is 14.4. The Hall–Kier alpha value is -1.93. The summed E-state index contributed by atoms with van der Waals surface area (Å²) in [5.41, 5.74) is 1.95. The van der Waals surface area contributed by atoms with E-state index in [0.717, 1.165) is 30.9 Å². The van der Waals surface area contributed by atoms with Gasteiger partial charge in [-0.05, 0) is 40.9 Å². The van der Waals surface area contributed by atoms with Crippen LogP contribution in [0.4, 0.5) is 0 Å². The van der Waals surface area contributed by atoms with Crippen molar-refractivity contribution in [2.45, 2.75) is 25.2 Å². The van der Waals surface area contributed by atoms with Gasteiger partial charge in [0.25, 0.3) is 5.91 Å². The van der Waals surface area contributed by atoms with Crippen molar-refractivity contribution in [3.63, 3.8) is 0 Å². The molecule has 6 nitrogen and oxygen atoms in total. The van der Waals surface area contributed by atoms with Crippen LogP contribution in [-0.4, -0.2) is 71.9 Å². The van der Waals surface area contributed by atoms with Gasteiger partial charge >= 0.3 is 0 Å². The molecule has 1 aromatic heterocycles. The highest BCUT2D eigenvalue weighted by molar-refractivity contribution is 7.07. The monoisotopic (exact) mass is 428 g/mol. The quantitative estimate of drug-likeness (QED) is 0.764. The summed E-state index contributed by atoms with van der Waals surface area (Å²) in [7, 11) is 0. The molecule has 5 rings (SSSR count). The smallest absolute Gasteiger partial charge is 0.260 e. The van der Waals surface area contributed by atoms with Crippen LogP contribution >= 0.6 is 11.3 Å². The van der Waals surface area contributed by atoms with Gasteiger partial charge in [-0.25, -0.2) is 0 Å². The van der Waals surface area contributed by atoms with Crippen LogP contribution in [0.1, 0.15) is 11.1 Å². The number of rotatable bonds is 6. The van der Waals surface area contributed by atoms with E-state index in [-0.39, 0.29) is 42.7 Å². The first kappa shape index (κ1) is 20.0. The molecule has 0 saturated carbocycles. The molecule has 1 N–H and O–H groups in total. The van der Waals surface area contributed by atoms with Gasteiger partial charge in [0.05, 0.1) is 12.6 Å². The van der Waals surface area contributed by atoms with Crippen molar-refractivity contribution < 1.29 is 19.4 Å². The molecule has 30 heavy (non-hydrogen) atoms. The lowest BCUT2D eigenvalue weighted by atomic mass is 9.83. The fraction of sp³-hybridized carbons (Fsp3) is 0.522. The number of morpholine rings is 1. The minimum absolute atomic E-state index is 0.0196. The molecule has 7 heteroatoms. The van der Waals surface area contributed by atoms with Crippen LogP contribution in [0, 0.1) is 18.8 Å². The lowest BCUT2D eigenvalue weighted by Gasteiger charge is -2.40. The molecule has 3 saturated heterocycles. The third-order valence-corrected chi connectivity index (χ3v) is 7.59. The van der Waals surface area contributed by atoms with Gasteiger partial charge < -0.3 is 19.5 Å². The fourth-order valence-electron chi connectivity index (χ4n) is 5.43. The Kier molecular flexibility index (Phi) is 5.31. The number of fused-ring (bicyclic) bond motifs is 1. The minimum atomic E-state index is -0.384. The number of ether oxygens (including phenoxy) is 2. The number of aliphatic hydroxyl groups is 1. The van der Waals surface area contributed by atoms with E-state index in [1.807, 2.05) is 36.1 Å². The van der Waals surface area contributed by atoms with Gasteiger partial charge in [0.2, 0.25) is 0 Å². The Morgan fingerprint density at radius 3 is 2.93 bits per heavy atom. The molecule has 0 unspecified atom stereocenters. The number of hydrogen-bond acceptors (Lipinski definition) is 6. The number of likely N-dealkylation sites (tertiary alicyclic amines) is 2. The second-order valence-corrected chi connectivity index (χ2v) is 9.58. The van der Waals surface area contributed by atoms with E-state index in [4.69, 9.17) is 9.47 Å². The van der Waals surface area contributed by atoms with Crippen LogP contribution in [0.2, 0.25) is 0 Å². The molecule has 1 amide bonds. The van der Waals surface area contributed by atoms with E-state index in [1.165, 1.54) is 5.56 Å². The summed E-state index contributed by atoms with van der Waals surface area (Å²) in [5.74, 6) is 0.969. The van der Waals surface area contributed by atoms with Crippen LogP contribution in [0.5, 0.6) is 5.75 Å². The predicted octanol–water partition coefficient (Wildman–Crippen LogP) is 2.16. The average molecular weight is 429 g/mol. The highest BCUT2D eigenvalue weighted by atomic mass is 32.1. The van der Waals surface area contributed by atoms with E-state index in [9.17, 15) is 9.90 Å². The zero-order chi connectivity index (χ0) is 20.7. The van der Waals surface area contributed by atoms with Crippen LogP contribution in [0.15, 0.2) is 41.1 Å². The third-order valence-electron chi connectivity index (χ3n) is 6.86. The molecule has 2 bridgehead atoms. The van der Waals surface area contributed by atoms with Gasteiger partial charge in [0.1, 0.15) is 11.4 Å². The molecule has 2 aromatic rings. The molecule has 4 atom stereocenters.